The predicted octanol–water partition coefficient (Wildman–Crippen LogP) is 2.43. The van der Waals surface area contributed by atoms with Gasteiger partial charge in [0.25, 0.3) is 0 Å². The molecule has 1 N–H and O–H groups in total. The number of benzene rings is 1. The van der Waals surface area contributed by atoms with Crippen molar-refractivity contribution in [2.75, 3.05) is 19.0 Å². The summed E-state index contributed by atoms with van der Waals surface area (Å²) in [6, 6.07) is 4.09. The average Bonchev–Trinajstić information content (AvgIpc) is 2.50. The first-order valence-corrected chi connectivity index (χ1v) is 4.71. The fraction of sp³-hybridized carbons (Fsp3) is 0.333. The molecule has 0 aliphatic carbocycles. The molecule has 0 atom stereocenters. The maximum atomic E-state index is 5.27. The van der Waals surface area contributed by atoms with Crippen molar-refractivity contribution in [1.29, 1.82) is 0 Å². The Morgan fingerprint density at radius 3 is 3.08 bits per heavy atom. The van der Waals surface area contributed by atoms with Crippen LogP contribution in [0.15, 0.2) is 16.6 Å². The molecule has 0 unspecified atom stereocenters. The lowest BCUT2D eigenvalue weighted by atomic mass is 10.1. The van der Waals surface area contributed by atoms with Crippen LogP contribution in [0.2, 0.25) is 0 Å². The van der Waals surface area contributed by atoms with E-state index < -0.39 is 0 Å². The quantitative estimate of drug-likeness (QED) is 0.796. The van der Waals surface area contributed by atoms with E-state index in [9.17, 15) is 0 Å². The molecule has 64 valence electrons. The molecule has 3 heteroatoms. The van der Waals surface area contributed by atoms with E-state index in [2.05, 4.69) is 27.3 Å². The highest BCUT2D eigenvalue weighted by Gasteiger charge is 2.15. The molecule has 0 fully saturated rings. The van der Waals surface area contributed by atoms with Crippen LogP contribution < -0.4 is 10.1 Å². The zero-order valence-electron chi connectivity index (χ0n) is 6.86. The number of nitrogens with one attached hydrogen (secondary N) is 1. The summed E-state index contributed by atoms with van der Waals surface area (Å²) in [7, 11) is 1.71. The van der Waals surface area contributed by atoms with Crippen LogP contribution in [0, 0.1) is 0 Å². The summed E-state index contributed by atoms with van der Waals surface area (Å²) in [5, 5.41) is 3.31. The van der Waals surface area contributed by atoms with E-state index in [-0.39, 0.29) is 0 Å². The van der Waals surface area contributed by atoms with E-state index in [1.807, 2.05) is 6.07 Å². The van der Waals surface area contributed by atoms with Crippen molar-refractivity contribution in [3.63, 3.8) is 0 Å². The molecule has 1 aliphatic heterocycles. The number of hydrogen-bond donors (Lipinski definition) is 1. The minimum Gasteiger partial charge on any atom is -0.496 e. The fourth-order valence-electron chi connectivity index (χ4n) is 1.53. The van der Waals surface area contributed by atoms with Crippen LogP contribution in [0.5, 0.6) is 5.75 Å². The number of rotatable bonds is 1. The maximum absolute atomic E-state index is 5.27. The van der Waals surface area contributed by atoms with Crippen molar-refractivity contribution < 1.29 is 4.74 Å². The molecule has 1 heterocycles. The molecule has 0 amide bonds. The van der Waals surface area contributed by atoms with E-state index in [0.717, 1.165) is 23.2 Å². The van der Waals surface area contributed by atoms with Gasteiger partial charge in [0.2, 0.25) is 0 Å². The van der Waals surface area contributed by atoms with Gasteiger partial charge in [0.1, 0.15) is 5.75 Å². The molecular weight excluding hydrogens is 218 g/mol. The van der Waals surface area contributed by atoms with Crippen LogP contribution >= 0.6 is 15.9 Å². The molecular formula is C9H10BrNO. The Morgan fingerprint density at radius 2 is 2.33 bits per heavy atom. The molecule has 1 aromatic rings. The lowest BCUT2D eigenvalue weighted by molar-refractivity contribution is 0.411. The Bertz CT molecular complexity index is 312. The van der Waals surface area contributed by atoms with Crippen molar-refractivity contribution in [3.05, 3.63) is 22.2 Å². The number of methoxy groups -OCH3 is 1. The standard InChI is InChI=1S/C9H10BrNO/c1-12-9-5-6(10)4-8-7(9)2-3-11-8/h4-5,11H,2-3H2,1H3. The Kier molecular flexibility index (Phi) is 1.97. The van der Waals surface area contributed by atoms with E-state index in [1.54, 1.807) is 7.11 Å². The van der Waals surface area contributed by atoms with Gasteiger partial charge in [0.05, 0.1) is 7.11 Å². The van der Waals surface area contributed by atoms with Crippen molar-refractivity contribution >= 4 is 21.6 Å². The number of fused-ring (bicyclic) bond motifs is 1. The third-order valence-corrected chi connectivity index (χ3v) is 2.54. The molecule has 12 heavy (non-hydrogen) atoms. The zero-order chi connectivity index (χ0) is 8.55. The highest BCUT2D eigenvalue weighted by Crippen LogP contribution is 2.34. The van der Waals surface area contributed by atoms with Crippen LogP contribution in [0.3, 0.4) is 0 Å². The largest absolute Gasteiger partial charge is 0.496 e. The predicted molar refractivity (Wildman–Crippen MR) is 52.9 cm³/mol. The van der Waals surface area contributed by atoms with Crippen molar-refractivity contribution in [1.82, 2.24) is 0 Å². The Balaban J connectivity index is 2.55. The molecule has 2 nitrogen and oxygen atoms in total. The van der Waals surface area contributed by atoms with Crippen LogP contribution in [0.4, 0.5) is 5.69 Å². The smallest absolute Gasteiger partial charge is 0.125 e. The van der Waals surface area contributed by atoms with E-state index >= 15 is 0 Å². The number of hydrogen-bond acceptors (Lipinski definition) is 2. The van der Waals surface area contributed by atoms with Gasteiger partial charge in [0, 0.05) is 22.3 Å². The normalized spacial score (nSPS) is 13.8. The van der Waals surface area contributed by atoms with Gasteiger partial charge in [-0.2, -0.15) is 0 Å². The van der Waals surface area contributed by atoms with Gasteiger partial charge in [-0.15, -0.1) is 0 Å². The fourth-order valence-corrected chi connectivity index (χ4v) is 1.97. The minimum absolute atomic E-state index is 0.976. The number of halogens is 1. The summed E-state index contributed by atoms with van der Waals surface area (Å²) in [4.78, 5) is 0. The Hall–Kier alpha value is -0.700. The van der Waals surface area contributed by atoms with E-state index in [4.69, 9.17) is 4.74 Å². The molecule has 0 saturated carbocycles. The van der Waals surface area contributed by atoms with Crippen molar-refractivity contribution in [2.45, 2.75) is 6.42 Å². The summed E-state index contributed by atoms with van der Waals surface area (Å²) in [6.07, 6.45) is 1.06. The summed E-state index contributed by atoms with van der Waals surface area (Å²) in [5.41, 5.74) is 2.49. The first-order chi connectivity index (χ1) is 5.81. The molecule has 0 bridgehead atoms. The van der Waals surface area contributed by atoms with Gasteiger partial charge in [-0.25, -0.2) is 0 Å². The molecule has 1 aromatic carbocycles. The van der Waals surface area contributed by atoms with Crippen LogP contribution in [-0.4, -0.2) is 13.7 Å². The maximum Gasteiger partial charge on any atom is 0.125 e. The first-order valence-electron chi connectivity index (χ1n) is 3.91. The second-order valence-electron chi connectivity index (χ2n) is 2.81. The summed E-state index contributed by atoms with van der Waals surface area (Å²) >= 11 is 3.44. The van der Waals surface area contributed by atoms with Crippen LogP contribution in [-0.2, 0) is 6.42 Å². The van der Waals surface area contributed by atoms with Gasteiger partial charge in [-0.1, -0.05) is 15.9 Å². The highest BCUT2D eigenvalue weighted by molar-refractivity contribution is 9.10. The molecule has 2 rings (SSSR count). The Morgan fingerprint density at radius 1 is 1.50 bits per heavy atom. The Labute approximate surface area is 80.1 Å². The van der Waals surface area contributed by atoms with Gasteiger partial charge < -0.3 is 10.1 Å². The lowest BCUT2D eigenvalue weighted by Crippen LogP contribution is -1.90. The van der Waals surface area contributed by atoms with Gasteiger partial charge in [0.15, 0.2) is 0 Å². The van der Waals surface area contributed by atoms with E-state index in [0.29, 0.717) is 0 Å². The third kappa shape index (κ3) is 1.18. The summed E-state index contributed by atoms with van der Waals surface area (Å²) in [5.74, 6) is 0.976. The number of ether oxygens (including phenoxy) is 1. The third-order valence-electron chi connectivity index (χ3n) is 2.08. The molecule has 1 aliphatic rings. The van der Waals surface area contributed by atoms with Gasteiger partial charge in [-0.3, -0.25) is 0 Å². The number of anilines is 1. The average molecular weight is 228 g/mol. The second-order valence-corrected chi connectivity index (χ2v) is 3.73. The van der Waals surface area contributed by atoms with E-state index in [1.165, 1.54) is 11.3 Å². The highest BCUT2D eigenvalue weighted by atomic mass is 79.9. The molecule has 0 radical (unpaired) electrons. The lowest BCUT2D eigenvalue weighted by Gasteiger charge is -2.06. The topological polar surface area (TPSA) is 21.3 Å². The summed E-state index contributed by atoms with van der Waals surface area (Å²) < 4.78 is 6.33. The molecule has 0 spiro atoms. The summed E-state index contributed by atoms with van der Waals surface area (Å²) in [6.45, 7) is 1.02. The second kappa shape index (κ2) is 2.98. The SMILES string of the molecule is COc1cc(Br)cc2c1CCN2. The zero-order valence-corrected chi connectivity index (χ0v) is 8.44. The van der Waals surface area contributed by atoms with Gasteiger partial charge in [-0.05, 0) is 18.6 Å². The van der Waals surface area contributed by atoms with Crippen molar-refractivity contribution in [2.24, 2.45) is 0 Å². The van der Waals surface area contributed by atoms with Crippen LogP contribution in [0.1, 0.15) is 5.56 Å². The van der Waals surface area contributed by atoms with Gasteiger partial charge >= 0.3 is 0 Å². The van der Waals surface area contributed by atoms with Crippen LogP contribution in [0.25, 0.3) is 0 Å². The molecule has 0 saturated heterocycles. The monoisotopic (exact) mass is 227 g/mol. The molecule has 0 aromatic heterocycles. The van der Waals surface area contributed by atoms with Crippen molar-refractivity contribution in [3.8, 4) is 5.75 Å². The minimum atomic E-state index is 0.976. The first kappa shape index (κ1) is 7.92.